The molecule has 0 saturated heterocycles. The van der Waals surface area contributed by atoms with Crippen LogP contribution >= 0.6 is 27.3 Å². The topological polar surface area (TPSA) is 54.9 Å². The first-order chi connectivity index (χ1) is 10.6. The Morgan fingerprint density at radius 3 is 2.64 bits per heavy atom. The lowest BCUT2D eigenvalue weighted by molar-refractivity contribution is 0.102. The average molecular weight is 374 g/mol. The van der Waals surface area contributed by atoms with Gasteiger partial charge in [0.15, 0.2) is 0 Å². The molecule has 110 valence electrons. The molecule has 0 spiro atoms. The van der Waals surface area contributed by atoms with Gasteiger partial charge in [0.2, 0.25) is 5.13 Å². The number of hydrogen-bond acceptors (Lipinski definition) is 4. The number of carbonyl (C=O) groups excluding carboxylic acids is 1. The molecule has 1 N–H and O–H groups in total. The lowest BCUT2D eigenvalue weighted by Gasteiger charge is -2.01. The molecule has 2 aromatic carbocycles. The summed E-state index contributed by atoms with van der Waals surface area (Å²) in [6.07, 6.45) is 0. The summed E-state index contributed by atoms with van der Waals surface area (Å²) in [6.45, 7) is 1.95. The van der Waals surface area contributed by atoms with Crippen molar-refractivity contribution in [2.24, 2.45) is 0 Å². The van der Waals surface area contributed by atoms with Gasteiger partial charge in [0, 0.05) is 15.6 Å². The van der Waals surface area contributed by atoms with Crippen molar-refractivity contribution in [2.75, 3.05) is 5.32 Å². The molecular formula is C16H12BrN3OS. The molecule has 0 aliphatic rings. The third kappa shape index (κ3) is 3.40. The lowest BCUT2D eigenvalue weighted by atomic mass is 10.1. The Morgan fingerprint density at radius 1 is 1.14 bits per heavy atom. The first-order valence-corrected chi connectivity index (χ1v) is 8.20. The van der Waals surface area contributed by atoms with Gasteiger partial charge in [0.1, 0.15) is 5.01 Å². The summed E-state index contributed by atoms with van der Waals surface area (Å²) in [5, 5.41) is 12.2. The fraction of sp³-hybridized carbons (Fsp3) is 0.0625. The molecular weight excluding hydrogens is 362 g/mol. The van der Waals surface area contributed by atoms with Crippen LogP contribution < -0.4 is 5.32 Å². The molecule has 6 heteroatoms. The van der Waals surface area contributed by atoms with Crippen LogP contribution in [0.2, 0.25) is 0 Å². The van der Waals surface area contributed by atoms with Gasteiger partial charge in [-0.25, -0.2) is 0 Å². The van der Waals surface area contributed by atoms with Gasteiger partial charge >= 0.3 is 0 Å². The van der Waals surface area contributed by atoms with E-state index < -0.39 is 0 Å². The van der Waals surface area contributed by atoms with Gasteiger partial charge in [-0.2, -0.15) is 0 Å². The minimum Gasteiger partial charge on any atom is -0.296 e. The molecule has 1 aromatic heterocycles. The van der Waals surface area contributed by atoms with Crippen LogP contribution in [-0.4, -0.2) is 16.1 Å². The minimum absolute atomic E-state index is 0.179. The monoisotopic (exact) mass is 373 g/mol. The van der Waals surface area contributed by atoms with E-state index in [0.717, 1.165) is 20.6 Å². The van der Waals surface area contributed by atoms with E-state index in [2.05, 4.69) is 31.4 Å². The van der Waals surface area contributed by atoms with E-state index >= 15 is 0 Å². The highest BCUT2D eigenvalue weighted by atomic mass is 79.9. The number of amides is 1. The van der Waals surface area contributed by atoms with Gasteiger partial charge < -0.3 is 0 Å². The Hall–Kier alpha value is -2.05. The summed E-state index contributed by atoms with van der Waals surface area (Å²) in [4.78, 5) is 12.2. The largest absolute Gasteiger partial charge is 0.296 e. The summed E-state index contributed by atoms with van der Waals surface area (Å²) in [5.41, 5.74) is 2.62. The van der Waals surface area contributed by atoms with Crippen molar-refractivity contribution in [3.05, 3.63) is 64.1 Å². The lowest BCUT2D eigenvalue weighted by Crippen LogP contribution is -2.11. The maximum atomic E-state index is 12.2. The van der Waals surface area contributed by atoms with Crippen LogP contribution in [0.5, 0.6) is 0 Å². The quantitative estimate of drug-likeness (QED) is 0.733. The van der Waals surface area contributed by atoms with Crippen LogP contribution in [0.4, 0.5) is 5.13 Å². The van der Waals surface area contributed by atoms with E-state index in [9.17, 15) is 4.79 Å². The average Bonchev–Trinajstić information content (AvgIpc) is 2.96. The normalized spacial score (nSPS) is 10.5. The van der Waals surface area contributed by atoms with E-state index in [1.165, 1.54) is 11.3 Å². The Balaban J connectivity index is 1.77. The first kappa shape index (κ1) is 14.9. The molecule has 1 heterocycles. The highest BCUT2D eigenvalue weighted by Crippen LogP contribution is 2.27. The fourth-order valence-corrected chi connectivity index (χ4v) is 2.95. The molecule has 3 rings (SSSR count). The van der Waals surface area contributed by atoms with Gasteiger partial charge in [-0.3, -0.25) is 10.1 Å². The molecule has 0 fully saturated rings. The van der Waals surface area contributed by atoms with Crippen molar-refractivity contribution >= 4 is 38.3 Å². The molecule has 3 aromatic rings. The predicted molar refractivity (Wildman–Crippen MR) is 92.2 cm³/mol. The van der Waals surface area contributed by atoms with Gasteiger partial charge in [-0.05, 0) is 31.2 Å². The zero-order valence-corrected chi connectivity index (χ0v) is 14.1. The Kier molecular flexibility index (Phi) is 4.31. The zero-order valence-electron chi connectivity index (χ0n) is 11.7. The van der Waals surface area contributed by atoms with E-state index in [1.54, 1.807) is 6.07 Å². The van der Waals surface area contributed by atoms with Gasteiger partial charge in [-0.1, -0.05) is 57.1 Å². The first-order valence-electron chi connectivity index (χ1n) is 6.59. The zero-order chi connectivity index (χ0) is 15.5. The summed E-state index contributed by atoms with van der Waals surface area (Å²) in [7, 11) is 0. The molecule has 0 aliphatic carbocycles. The predicted octanol–water partition coefficient (Wildman–Crippen LogP) is 4.53. The number of anilines is 1. The fourth-order valence-electron chi connectivity index (χ4n) is 1.94. The van der Waals surface area contributed by atoms with E-state index in [4.69, 9.17) is 0 Å². The number of rotatable bonds is 3. The summed E-state index contributed by atoms with van der Waals surface area (Å²) >= 11 is 4.75. The number of nitrogens with one attached hydrogen (secondary N) is 1. The maximum Gasteiger partial charge on any atom is 0.257 e. The van der Waals surface area contributed by atoms with Gasteiger partial charge in [0.25, 0.3) is 5.91 Å². The number of aryl methyl sites for hydroxylation is 1. The third-order valence-corrected chi connectivity index (χ3v) is 4.43. The van der Waals surface area contributed by atoms with E-state index in [1.807, 2.05) is 49.4 Å². The van der Waals surface area contributed by atoms with Crippen LogP contribution in [0, 0.1) is 6.92 Å². The van der Waals surface area contributed by atoms with Crippen molar-refractivity contribution in [1.29, 1.82) is 0 Å². The molecule has 1 amide bonds. The van der Waals surface area contributed by atoms with Crippen molar-refractivity contribution in [2.45, 2.75) is 6.92 Å². The Labute approximate surface area is 140 Å². The number of benzene rings is 2. The van der Waals surface area contributed by atoms with Gasteiger partial charge in [0.05, 0.1) is 0 Å². The van der Waals surface area contributed by atoms with Crippen molar-refractivity contribution in [3.63, 3.8) is 0 Å². The molecule has 0 unspecified atom stereocenters. The van der Waals surface area contributed by atoms with Crippen molar-refractivity contribution < 1.29 is 4.79 Å². The molecule has 22 heavy (non-hydrogen) atoms. The SMILES string of the molecule is Cc1cccc(C(=O)Nc2nnc(-c3ccc(Br)cc3)s2)c1. The summed E-state index contributed by atoms with van der Waals surface area (Å²) in [6, 6.07) is 15.2. The maximum absolute atomic E-state index is 12.2. The molecule has 0 bridgehead atoms. The smallest absolute Gasteiger partial charge is 0.257 e. The molecule has 0 saturated carbocycles. The highest BCUT2D eigenvalue weighted by molar-refractivity contribution is 9.10. The number of nitrogens with zero attached hydrogens (tertiary/aromatic N) is 2. The van der Waals surface area contributed by atoms with Crippen molar-refractivity contribution in [3.8, 4) is 10.6 Å². The molecule has 0 atom stereocenters. The summed E-state index contributed by atoms with van der Waals surface area (Å²) < 4.78 is 1.01. The van der Waals surface area contributed by atoms with Crippen LogP contribution in [0.25, 0.3) is 10.6 Å². The van der Waals surface area contributed by atoms with Gasteiger partial charge in [-0.15, -0.1) is 10.2 Å². The van der Waals surface area contributed by atoms with E-state index in [0.29, 0.717) is 10.7 Å². The second kappa shape index (κ2) is 6.37. The molecule has 0 radical (unpaired) electrons. The molecule has 0 aliphatic heterocycles. The van der Waals surface area contributed by atoms with E-state index in [-0.39, 0.29) is 5.91 Å². The number of aromatic nitrogens is 2. The Morgan fingerprint density at radius 2 is 1.91 bits per heavy atom. The third-order valence-electron chi connectivity index (χ3n) is 3.02. The highest BCUT2D eigenvalue weighted by Gasteiger charge is 2.11. The number of hydrogen-bond donors (Lipinski definition) is 1. The number of halogens is 1. The van der Waals surface area contributed by atoms with Crippen LogP contribution in [0.1, 0.15) is 15.9 Å². The molecule has 4 nitrogen and oxygen atoms in total. The minimum atomic E-state index is -0.179. The number of carbonyl (C=O) groups is 1. The second-order valence-electron chi connectivity index (χ2n) is 4.74. The summed E-state index contributed by atoms with van der Waals surface area (Å²) in [5.74, 6) is -0.179. The van der Waals surface area contributed by atoms with Crippen LogP contribution in [0.3, 0.4) is 0 Å². The standard InChI is InChI=1S/C16H12BrN3OS/c1-10-3-2-4-12(9-10)14(21)18-16-20-19-15(22-16)11-5-7-13(17)8-6-11/h2-9H,1H3,(H,18,20,21). The Bertz CT molecular complexity index is 814. The second-order valence-corrected chi connectivity index (χ2v) is 6.64. The van der Waals surface area contributed by atoms with Crippen LogP contribution in [-0.2, 0) is 0 Å². The van der Waals surface area contributed by atoms with Crippen LogP contribution in [0.15, 0.2) is 53.0 Å². The van der Waals surface area contributed by atoms with Crippen molar-refractivity contribution in [1.82, 2.24) is 10.2 Å².